The molecule has 6 N–H and O–H groups in total. The fraction of sp³-hybridized carbons (Fsp3) is 0.625. The second kappa shape index (κ2) is 6.71. The first-order chi connectivity index (χ1) is 12.2. The molecule has 2 fully saturated rings. The number of aromatic nitrogens is 2. The van der Waals surface area contributed by atoms with Crippen molar-refractivity contribution >= 4 is 11.9 Å². The van der Waals surface area contributed by atoms with Gasteiger partial charge in [-0.2, -0.15) is 23.4 Å². The van der Waals surface area contributed by atoms with Gasteiger partial charge in [0.2, 0.25) is 5.91 Å². The van der Waals surface area contributed by atoms with Gasteiger partial charge in [-0.3, -0.25) is 4.79 Å². The fourth-order valence-electron chi connectivity index (χ4n) is 2.20. The Morgan fingerprint density at radius 1 is 1.15 bits per heavy atom. The van der Waals surface area contributed by atoms with Crippen molar-refractivity contribution in [3.05, 3.63) is 23.5 Å². The summed E-state index contributed by atoms with van der Waals surface area (Å²) >= 11 is 0. The highest BCUT2D eigenvalue weighted by molar-refractivity contribution is 5.90. The second-order valence-electron chi connectivity index (χ2n) is 7.52. The standard InChI is InChI=1S/C14H21N5O.C2HF3O2/c1-12(2,15)9-3-4-10(19-18-9)14(7-8-14)17-11(20)13(16)5-6-13;3-2(4,5)1(6)7/h3-4H,5-8,15-16H2,1-2H3,(H,17,20);(H,6,7). The zero-order valence-corrected chi connectivity index (χ0v) is 14.9. The summed E-state index contributed by atoms with van der Waals surface area (Å²) in [5.41, 5.74) is 11.9. The number of halogens is 3. The Kier molecular flexibility index (Phi) is 5.23. The fourth-order valence-corrected chi connectivity index (χ4v) is 2.20. The van der Waals surface area contributed by atoms with Crippen molar-refractivity contribution in [2.24, 2.45) is 11.5 Å². The third-order valence-corrected chi connectivity index (χ3v) is 4.40. The number of carbonyl (C=O) groups is 2. The Morgan fingerprint density at radius 3 is 1.96 bits per heavy atom. The molecule has 0 unspecified atom stereocenters. The van der Waals surface area contributed by atoms with E-state index in [0.717, 1.165) is 37.1 Å². The van der Waals surface area contributed by atoms with Crippen molar-refractivity contribution in [3.63, 3.8) is 0 Å². The van der Waals surface area contributed by atoms with E-state index in [-0.39, 0.29) is 11.4 Å². The van der Waals surface area contributed by atoms with Crippen molar-refractivity contribution < 1.29 is 27.9 Å². The van der Waals surface area contributed by atoms with Gasteiger partial charge in [-0.05, 0) is 51.7 Å². The van der Waals surface area contributed by atoms with E-state index in [1.807, 2.05) is 26.0 Å². The van der Waals surface area contributed by atoms with Crippen LogP contribution < -0.4 is 16.8 Å². The summed E-state index contributed by atoms with van der Waals surface area (Å²) in [6.07, 6.45) is -1.79. The van der Waals surface area contributed by atoms with Gasteiger partial charge in [0.15, 0.2) is 0 Å². The monoisotopic (exact) mass is 389 g/mol. The number of hydrogen-bond donors (Lipinski definition) is 4. The van der Waals surface area contributed by atoms with Gasteiger partial charge in [0.25, 0.3) is 0 Å². The van der Waals surface area contributed by atoms with E-state index in [2.05, 4.69) is 15.5 Å². The third-order valence-electron chi connectivity index (χ3n) is 4.40. The van der Waals surface area contributed by atoms with Gasteiger partial charge in [0, 0.05) is 0 Å². The van der Waals surface area contributed by atoms with Crippen molar-refractivity contribution in [3.8, 4) is 0 Å². The number of aliphatic carboxylic acids is 1. The Hall–Kier alpha value is -2.27. The molecule has 0 spiro atoms. The number of hydrogen-bond acceptors (Lipinski definition) is 6. The van der Waals surface area contributed by atoms with Gasteiger partial charge in [-0.25, -0.2) is 4.79 Å². The van der Waals surface area contributed by atoms with Crippen LogP contribution in [0.4, 0.5) is 13.2 Å². The van der Waals surface area contributed by atoms with Crippen molar-refractivity contribution in [1.82, 2.24) is 15.5 Å². The summed E-state index contributed by atoms with van der Waals surface area (Å²) in [7, 11) is 0. The van der Waals surface area contributed by atoms with Gasteiger partial charge in [-0.15, -0.1) is 0 Å². The highest BCUT2D eigenvalue weighted by Crippen LogP contribution is 2.46. The first-order valence-corrected chi connectivity index (χ1v) is 8.25. The van der Waals surface area contributed by atoms with Crippen LogP contribution in [0.3, 0.4) is 0 Å². The molecule has 8 nitrogen and oxygen atoms in total. The van der Waals surface area contributed by atoms with Gasteiger partial charge < -0.3 is 21.9 Å². The van der Waals surface area contributed by atoms with Crippen LogP contribution in [0.15, 0.2) is 12.1 Å². The smallest absolute Gasteiger partial charge is 0.475 e. The zero-order valence-electron chi connectivity index (χ0n) is 14.9. The summed E-state index contributed by atoms with van der Waals surface area (Å²) in [6.45, 7) is 3.77. The zero-order chi connectivity index (χ0) is 20.7. The predicted octanol–water partition coefficient (Wildman–Crippen LogP) is 0.900. The molecule has 0 bridgehead atoms. The number of carbonyl (C=O) groups excluding carboxylic acids is 1. The van der Waals surface area contributed by atoms with Gasteiger partial charge in [-0.1, -0.05) is 0 Å². The predicted molar refractivity (Wildman–Crippen MR) is 88.1 cm³/mol. The molecule has 1 heterocycles. The summed E-state index contributed by atoms with van der Waals surface area (Å²) in [5, 5.41) is 18.6. The number of rotatable bonds is 4. The van der Waals surface area contributed by atoms with E-state index in [0.29, 0.717) is 0 Å². The highest BCUT2D eigenvalue weighted by atomic mass is 19.4. The summed E-state index contributed by atoms with van der Waals surface area (Å²) in [4.78, 5) is 21.0. The largest absolute Gasteiger partial charge is 0.490 e. The number of nitrogens with zero attached hydrogens (tertiary/aromatic N) is 2. The number of nitrogens with one attached hydrogen (secondary N) is 1. The molecule has 2 aliphatic carbocycles. The normalized spacial score (nSPS) is 19.4. The number of carboxylic acid groups (broad SMARTS) is 1. The molecular formula is C16H22F3N5O3. The molecule has 2 saturated carbocycles. The third kappa shape index (κ3) is 5.13. The number of alkyl halides is 3. The molecule has 1 aromatic heterocycles. The lowest BCUT2D eigenvalue weighted by Gasteiger charge is -2.21. The van der Waals surface area contributed by atoms with Crippen LogP contribution in [0.2, 0.25) is 0 Å². The summed E-state index contributed by atoms with van der Waals surface area (Å²) in [6, 6.07) is 3.78. The second-order valence-corrected chi connectivity index (χ2v) is 7.52. The van der Waals surface area contributed by atoms with Crippen molar-refractivity contribution in [2.75, 3.05) is 0 Å². The van der Waals surface area contributed by atoms with Crippen LogP contribution in [0.1, 0.15) is 50.9 Å². The van der Waals surface area contributed by atoms with Crippen LogP contribution in [-0.2, 0) is 20.7 Å². The summed E-state index contributed by atoms with van der Waals surface area (Å²) < 4.78 is 31.7. The molecule has 0 atom stereocenters. The van der Waals surface area contributed by atoms with E-state index in [4.69, 9.17) is 21.4 Å². The van der Waals surface area contributed by atoms with E-state index in [1.165, 1.54) is 0 Å². The quantitative estimate of drug-likeness (QED) is 0.599. The summed E-state index contributed by atoms with van der Waals surface area (Å²) in [5.74, 6) is -2.83. The maximum Gasteiger partial charge on any atom is 0.490 e. The minimum Gasteiger partial charge on any atom is -0.475 e. The molecule has 1 aromatic rings. The van der Waals surface area contributed by atoms with Gasteiger partial charge in [0.1, 0.15) is 0 Å². The van der Waals surface area contributed by atoms with Crippen LogP contribution in [0, 0.1) is 0 Å². The van der Waals surface area contributed by atoms with E-state index >= 15 is 0 Å². The van der Waals surface area contributed by atoms with Crippen molar-refractivity contribution in [2.45, 2.75) is 62.3 Å². The van der Waals surface area contributed by atoms with Crippen LogP contribution >= 0.6 is 0 Å². The molecule has 0 radical (unpaired) electrons. The van der Waals surface area contributed by atoms with E-state index in [1.54, 1.807) is 0 Å². The van der Waals surface area contributed by atoms with E-state index < -0.39 is 23.2 Å². The van der Waals surface area contributed by atoms with Crippen LogP contribution in [-0.4, -0.2) is 38.9 Å². The van der Waals surface area contributed by atoms with Crippen LogP contribution in [0.25, 0.3) is 0 Å². The molecule has 2 aliphatic rings. The first kappa shape index (κ1) is 21.0. The number of amides is 1. The average Bonchev–Trinajstić information content (AvgIpc) is 3.45. The Bertz CT molecular complexity index is 720. The Morgan fingerprint density at radius 2 is 1.67 bits per heavy atom. The van der Waals surface area contributed by atoms with Crippen LogP contribution in [0.5, 0.6) is 0 Å². The van der Waals surface area contributed by atoms with E-state index in [9.17, 15) is 18.0 Å². The number of nitrogens with two attached hydrogens (primary N) is 2. The molecule has 0 saturated heterocycles. The topological polar surface area (TPSA) is 144 Å². The Labute approximate surface area is 153 Å². The highest BCUT2D eigenvalue weighted by Gasteiger charge is 2.53. The lowest BCUT2D eigenvalue weighted by atomic mass is 10.0. The molecule has 11 heteroatoms. The molecule has 27 heavy (non-hydrogen) atoms. The molecule has 0 aromatic carbocycles. The molecule has 0 aliphatic heterocycles. The van der Waals surface area contributed by atoms with Crippen molar-refractivity contribution in [1.29, 1.82) is 0 Å². The lowest BCUT2D eigenvalue weighted by Crippen LogP contribution is -2.47. The van der Waals surface area contributed by atoms with Gasteiger partial charge in [0.05, 0.1) is 28.0 Å². The first-order valence-electron chi connectivity index (χ1n) is 8.25. The van der Waals surface area contributed by atoms with Gasteiger partial charge >= 0.3 is 12.1 Å². The maximum absolute atomic E-state index is 12.1. The molecule has 3 rings (SSSR count). The number of carboxylic acids is 1. The maximum atomic E-state index is 12.1. The minimum absolute atomic E-state index is 0.0694. The lowest BCUT2D eigenvalue weighted by molar-refractivity contribution is -0.192. The Balaban J connectivity index is 0.000000321. The molecule has 150 valence electrons. The SMILES string of the molecule is CC(C)(N)c1ccc(C2(NC(=O)C3(N)CC3)CC2)nn1.O=C(O)C(F)(F)F. The minimum atomic E-state index is -5.08. The molecular weight excluding hydrogens is 367 g/mol. The average molecular weight is 389 g/mol. The molecule has 1 amide bonds.